The van der Waals surface area contributed by atoms with Crippen LogP contribution in [0.4, 0.5) is 0 Å². The van der Waals surface area contributed by atoms with Gasteiger partial charge in [-0.15, -0.1) is 0 Å². The van der Waals surface area contributed by atoms with Crippen LogP contribution in [0.25, 0.3) is 71.2 Å². The van der Waals surface area contributed by atoms with Crippen molar-refractivity contribution in [3.63, 3.8) is 0 Å². The number of fused-ring (bicyclic) bond motifs is 11. The van der Waals surface area contributed by atoms with Crippen LogP contribution in [-0.4, -0.2) is 4.40 Å². The number of rotatable bonds is 0. The molecule has 0 saturated carbocycles. The average Bonchev–Trinajstić information content (AvgIpc) is 3.62. The van der Waals surface area contributed by atoms with Gasteiger partial charge in [-0.25, -0.2) is 0 Å². The van der Waals surface area contributed by atoms with Crippen molar-refractivity contribution in [2.75, 3.05) is 0 Å². The molecule has 0 atom stereocenters. The van der Waals surface area contributed by atoms with Crippen LogP contribution in [0.2, 0.25) is 0 Å². The highest BCUT2D eigenvalue weighted by molar-refractivity contribution is 6.23. The molecule has 0 amide bonds. The average molecular weight is 662 g/mol. The fourth-order valence-corrected chi connectivity index (χ4v) is 9.61. The van der Waals surface area contributed by atoms with Crippen molar-refractivity contribution in [3.05, 3.63) is 157 Å². The Hall–Kier alpha value is -5.74. The van der Waals surface area contributed by atoms with E-state index in [1.54, 1.807) is 0 Å². The van der Waals surface area contributed by atoms with E-state index < -0.39 is 5.41 Å². The summed E-state index contributed by atoms with van der Waals surface area (Å²) < 4.78 is 8.71. The smallest absolute Gasteiger partial charge is 0.201 e. The van der Waals surface area contributed by atoms with Gasteiger partial charge in [0.1, 0.15) is 11.2 Å². The van der Waals surface area contributed by atoms with E-state index in [2.05, 4.69) is 94.5 Å². The molecule has 0 N–H and O–H groups in total. The van der Waals surface area contributed by atoms with Gasteiger partial charge in [0.25, 0.3) is 0 Å². The molecule has 4 heteroatoms. The summed E-state index contributed by atoms with van der Waals surface area (Å²) in [6.45, 7) is 13.6. The van der Waals surface area contributed by atoms with Crippen molar-refractivity contribution < 1.29 is 4.42 Å². The van der Waals surface area contributed by atoms with Crippen molar-refractivity contribution in [1.82, 2.24) is 4.40 Å². The minimum atomic E-state index is -0.746. The van der Waals surface area contributed by atoms with Crippen LogP contribution in [0.3, 0.4) is 0 Å². The van der Waals surface area contributed by atoms with E-state index in [-0.39, 0.29) is 21.7 Å². The van der Waals surface area contributed by atoms with E-state index in [4.69, 9.17) is 4.42 Å². The highest BCUT2D eigenvalue weighted by atomic mass is 16.3. The monoisotopic (exact) mass is 661 g/mol. The largest absolute Gasteiger partial charge is 0.455 e. The lowest BCUT2D eigenvalue weighted by Crippen LogP contribution is -2.34. The molecule has 1 spiro atoms. The van der Waals surface area contributed by atoms with Gasteiger partial charge in [0, 0.05) is 26.9 Å². The van der Waals surface area contributed by atoms with Gasteiger partial charge in [0.15, 0.2) is 5.43 Å². The fourth-order valence-electron chi connectivity index (χ4n) is 9.61. The molecule has 3 aromatic heterocycles. The topological polar surface area (TPSA) is 51.7 Å². The SMILES string of the molecule is CC(C)(C)c1ccc2c(c1)-c1cc(C(C)(C)C)ccc1C21c2cccc3c(=O)c4cc5c6ccccc6oc5c5c(=O)c6cccc1c6n(c23)c45. The van der Waals surface area contributed by atoms with Crippen molar-refractivity contribution >= 4 is 60.0 Å². The molecule has 4 heterocycles. The third-order valence-corrected chi connectivity index (χ3v) is 12.0. The Balaban J connectivity index is 1.41. The third kappa shape index (κ3) is 3.28. The quantitative estimate of drug-likeness (QED) is 0.120. The Kier molecular flexibility index (Phi) is 5.09. The minimum absolute atomic E-state index is 0.0469. The second kappa shape index (κ2) is 8.94. The van der Waals surface area contributed by atoms with Crippen LogP contribution >= 0.6 is 0 Å². The number of nitrogens with zero attached hydrogens (tertiary/aromatic N) is 1. The van der Waals surface area contributed by atoms with Crippen LogP contribution in [0, 0.1) is 0 Å². The van der Waals surface area contributed by atoms with E-state index in [0.717, 1.165) is 32.9 Å². The van der Waals surface area contributed by atoms with Crippen molar-refractivity contribution in [1.29, 1.82) is 0 Å². The molecular weight excluding hydrogens is 627 g/mol. The van der Waals surface area contributed by atoms with Crippen LogP contribution in [0.5, 0.6) is 0 Å². The van der Waals surface area contributed by atoms with Crippen molar-refractivity contribution in [2.45, 2.75) is 57.8 Å². The molecule has 0 fully saturated rings. The molecule has 51 heavy (non-hydrogen) atoms. The molecule has 4 nitrogen and oxygen atoms in total. The van der Waals surface area contributed by atoms with Gasteiger partial charge in [0.05, 0.1) is 27.4 Å². The number of hydrogen-bond donors (Lipinski definition) is 0. The fraction of sp³-hybridized carbons (Fsp3) is 0.191. The van der Waals surface area contributed by atoms with Crippen molar-refractivity contribution in [3.8, 4) is 11.1 Å². The minimum Gasteiger partial charge on any atom is -0.455 e. The maximum atomic E-state index is 15.0. The maximum absolute atomic E-state index is 15.0. The molecule has 0 saturated heterocycles. The van der Waals surface area contributed by atoms with Gasteiger partial charge in [-0.05, 0) is 79.6 Å². The zero-order chi connectivity index (χ0) is 34.9. The number of furan rings is 1. The van der Waals surface area contributed by atoms with Crippen LogP contribution in [0.1, 0.15) is 74.9 Å². The van der Waals surface area contributed by atoms with E-state index in [1.165, 1.54) is 33.4 Å². The van der Waals surface area contributed by atoms with E-state index >= 15 is 4.79 Å². The lowest BCUT2D eigenvalue weighted by molar-refractivity contribution is 0.589. The van der Waals surface area contributed by atoms with E-state index in [9.17, 15) is 4.79 Å². The number of aromatic nitrogens is 1. The van der Waals surface area contributed by atoms with Gasteiger partial charge >= 0.3 is 0 Å². The standard InChI is InChI=1S/C47H35NO3/c1-45(2,3)24-17-19-33-29(21-24)30-22-25(46(4,5)6)18-20-34(30)47(33)35-14-9-12-27-39(35)48-40-28(13-10-15-36(40)47)43(50)38-41(48)32(42(27)49)23-31-26-11-7-8-16-37(26)51-44(31)38/h7-23H,1-6H3. The van der Waals surface area contributed by atoms with Gasteiger partial charge in [-0.2, -0.15) is 0 Å². The Labute approximate surface area is 293 Å². The Morgan fingerprint density at radius 3 is 1.65 bits per heavy atom. The van der Waals surface area contributed by atoms with Crippen LogP contribution in [0.15, 0.2) is 117 Å². The summed E-state index contributed by atoms with van der Waals surface area (Å²) in [5, 5.41) is 3.96. The maximum Gasteiger partial charge on any atom is 0.201 e. The summed E-state index contributed by atoms with van der Waals surface area (Å²) in [6, 6.07) is 36.1. The summed E-state index contributed by atoms with van der Waals surface area (Å²) in [6.07, 6.45) is 0. The number of pyridine rings is 2. The molecule has 0 unspecified atom stereocenters. The molecule has 2 aliphatic rings. The zero-order valence-electron chi connectivity index (χ0n) is 29.5. The Bertz CT molecular complexity index is 3110. The molecule has 6 aromatic carbocycles. The van der Waals surface area contributed by atoms with E-state index in [0.29, 0.717) is 38.2 Å². The van der Waals surface area contributed by atoms with Crippen molar-refractivity contribution in [2.24, 2.45) is 0 Å². The molecule has 0 radical (unpaired) electrons. The third-order valence-electron chi connectivity index (χ3n) is 12.0. The molecule has 11 rings (SSSR count). The van der Waals surface area contributed by atoms with Gasteiger partial charge in [0.2, 0.25) is 5.43 Å². The lowest BCUT2D eigenvalue weighted by Gasteiger charge is -2.39. The normalized spacial score (nSPS) is 14.8. The summed E-state index contributed by atoms with van der Waals surface area (Å²) >= 11 is 0. The number of para-hydroxylation sites is 3. The first kappa shape index (κ1) is 29.0. The van der Waals surface area contributed by atoms with E-state index in [1.807, 2.05) is 54.6 Å². The molecule has 1 aliphatic carbocycles. The Morgan fingerprint density at radius 2 is 1.06 bits per heavy atom. The highest BCUT2D eigenvalue weighted by Gasteiger charge is 2.51. The molecule has 246 valence electrons. The van der Waals surface area contributed by atoms with Gasteiger partial charge < -0.3 is 8.82 Å². The lowest BCUT2D eigenvalue weighted by atomic mass is 9.65. The molecule has 1 aliphatic heterocycles. The number of benzene rings is 6. The van der Waals surface area contributed by atoms with Gasteiger partial charge in [-0.1, -0.05) is 120 Å². The molecular formula is C47H35NO3. The first-order valence-corrected chi connectivity index (χ1v) is 17.9. The first-order chi connectivity index (χ1) is 24.4. The second-order valence-electron chi connectivity index (χ2n) is 16.8. The summed E-state index contributed by atoms with van der Waals surface area (Å²) in [7, 11) is 0. The Morgan fingerprint density at radius 1 is 0.510 bits per heavy atom. The summed E-state index contributed by atoms with van der Waals surface area (Å²) in [4.78, 5) is 29.9. The zero-order valence-corrected chi connectivity index (χ0v) is 29.5. The number of hydrogen-bond acceptors (Lipinski definition) is 3. The predicted octanol–water partition coefficient (Wildman–Crippen LogP) is 10.7. The first-order valence-electron chi connectivity index (χ1n) is 17.9. The summed E-state index contributed by atoms with van der Waals surface area (Å²) in [5.74, 6) is 0. The van der Waals surface area contributed by atoms with Gasteiger partial charge in [-0.3, -0.25) is 9.59 Å². The predicted molar refractivity (Wildman–Crippen MR) is 209 cm³/mol. The molecule has 9 aromatic rings. The second-order valence-corrected chi connectivity index (χ2v) is 16.8. The highest BCUT2D eigenvalue weighted by Crippen LogP contribution is 2.61. The molecule has 0 bridgehead atoms. The van der Waals surface area contributed by atoms with Crippen LogP contribution in [-0.2, 0) is 16.2 Å². The summed E-state index contributed by atoms with van der Waals surface area (Å²) in [5.41, 5.74) is 12.0. The van der Waals surface area contributed by atoms with Crippen LogP contribution < -0.4 is 10.9 Å².